The number of benzene rings is 5. The Morgan fingerprint density at radius 1 is 0.719 bits per heavy atom. The van der Waals surface area contributed by atoms with Crippen LogP contribution in [0.4, 0.5) is 5.69 Å². The summed E-state index contributed by atoms with van der Waals surface area (Å²) in [4.78, 5) is 1.06. The highest BCUT2D eigenvalue weighted by molar-refractivity contribution is 7.85. The van der Waals surface area contributed by atoms with Gasteiger partial charge in [0.1, 0.15) is 0 Å². The third-order valence-electron chi connectivity index (χ3n) is 11.8. The van der Waals surface area contributed by atoms with Gasteiger partial charge in [-0.05, 0) is 149 Å². The van der Waals surface area contributed by atoms with Crippen molar-refractivity contribution >= 4 is 41.6 Å². The van der Waals surface area contributed by atoms with Gasteiger partial charge in [-0.3, -0.25) is 0 Å². The topological polar surface area (TPSA) is 12.0 Å². The molecule has 9 rings (SSSR count). The van der Waals surface area contributed by atoms with E-state index < -0.39 is 0 Å². The molecular formula is C55H55NS. The second kappa shape index (κ2) is 18.1. The molecule has 0 aliphatic heterocycles. The van der Waals surface area contributed by atoms with Crippen LogP contribution in [-0.4, -0.2) is 0 Å². The van der Waals surface area contributed by atoms with Crippen molar-refractivity contribution in [3.63, 3.8) is 0 Å². The van der Waals surface area contributed by atoms with Crippen molar-refractivity contribution in [1.29, 1.82) is 0 Å². The molecule has 1 atom stereocenters. The Morgan fingerprint density at radius 2 is 1.40 bits per heavy atom. The fourth-order valence-electron chi connectivity index (χ4n) is 9.25. The second-order valence-corrected chi connectivity index (χ2v) is 15.3. The van der Waals surface area contributed by atoms with Crippen LogP contribution in [0.2, 0.25) is 0 Å². The summed E-state index contributed by atoms with van der Waals surface area (Å²) in [6.45, 7) is 12.3. The van der Waals surface area contributed by atoms with E-state index >= 15 is 0 Å². The highest BCUT2D eigenvalue weighted by Crippen LogP contribution is 2.58. The summed E-state index contributed by atoms with van der Waals surface area (Å²) in [5.74, 6) is 0. The molecule has 57 heavy (non-hydrogen) atoms. The molecule has 286 valence electrons. The molecule has 0 heterocycles. The van der Waals surface area contributed by atoms with Gasteiger partial charge in [-0.15, -0.1) is 12.6 Å². The largest absolute Gasteiger partial charge is 0.362 e. The van der Waals surface area contributed by atoms with Crippen LogP contribution in [0.1, 0.15) is 97.9 Å². The van der Waals surface area contributed by atoms with Crippen LogP contribution in [0.25, 0.3) is 34.4 Å². The highest BCUT2D eigenvalue weighted by atomic mass is 32.1. The van der Waals surface area contributed by atoms with E-state index in [1.807, 2.05) is 13.8 Å². The van der Waals surface area contributed by atoms with Crippen LogP contribution in [-0.2, 0) is 18.3 Å². The number of anilines is 1. The Bertz CT molecular complexity index is 2440. The van der Waals surface area contributed by atoms with Gasteiger partial charge in [0.15, 0.2) is 0 Å². The zero-order valence-electron chi connectivity index (χ0n) is 34.0. The van der Waals surface area contributed by atoms with Gasteiger partial charge in [-0.25, -0.2) is 0 Å². The lowest BCUT2D eigenvalue weighted by Gasteiger charge is -2.37. The van der Waals surface area contributed by atoms with Crippen molar-refractivity contribution in [3.8, 4) is 11.1 Å². The van der Waals surface area contributed by atoms with Gasteiger partial charge in [-0.2, -0.15) is 0 Å². The van der Waals surface area contributed by atoms with E-state index in [-0.39, 0.29) is 5.41 Å². The summed E-state index contributed by atoms with van der Waals surface area (Å²) in [5.41, 5.74) is 19.9. The van der Waals surface area contributed by atoms with Crippen LogP contribution in [0, 0.1) is 0 Å². The molecule has 1 nitrogen and oxygen atoms in total. The Kier molecular flexibility index (Phi) is 12.6. The summed E-state index contributed by atoms with van der Waals surface area (Å²) in [6.07, 6.45) is 24.6. The van der Waals surface area contributed by atoms with Gasteiger partial charge in [-0.1, -0.05) is 166 Å². The van der Waals surface area contributed by atoms with E-state index in [0.717, 1.165) is 29.9 Å². The van der Waals surface area contributed by atoms with Gasteiger partial charge < -0.3 is 5.32 Å². The summed E-state index contributed by atoms with van der Waals surface area (Å²) >= 11 is 5.16. The third kappa shape index (κ3) is 7.64. The first-order chi connectivity index (χ1) is 28.0. The molecule has 0 spiro atoms. The molecule has 0 aromatic heterocycles. The molecular weight excluding hydrogens is 707 g/mol. The van der Waals surface area contributed by atoms with Crippen LogP contribution in [0.3, 0.4) is 0 Å². The lowest BCUT2D eigenvalue weighted by atomic mass is 9.65. The van der Waals surface area contributed by atoms with Crippen molar-refractivity contribution in [2.45, 2.75) is 71.6 Å². The van der Waals surface area contributed by atoms with Gasteiger partial charge in [0.25, 0.3) is 0 Å². The summed E-state index contributed by atoms with van der Waals surface area (Å²) in [7, 11) is 0. The molecule has 1 unspecified atom stereocenters. The van der Waals surface area contributed by atoms with Gasteiger partial charge in [0.2, 0.25) is 0 Å². The first-order valence-corrected chi connectivity index (χ1v) is 21.1. The molecule has 4 aliphatic carbocycles. The smallest absolute Gasteiger partial charge is 0.0637 e. The van der Waals surface area contributed by atoms with E-state index in [0.29, 0.717) is 0 Å². The molecule has 0 radical (unpaired) electrons. The standard InChI is InChI=1S/C31H28S.C22H21N.C2H6/c1-22(24-14-6-3-7-15-24)30(32)29-23(2)31(25-16-8-4-9-17-25,26-18-10-5-11-19-26)28-21-13-12-20-27(28)29;1-2-23-18-10-7-9-16(14-18)22-15-17-8-3-4-11-19(17)20-12-5-6-13-21(20)22;1-2/h3-10,12-18,20-21,32H,11,19H2,1-2H3;2-3,6-10,13-15,23H,1,4-5,11-12H2;1-2H3/b30-22+;;. The number of thiol groups is 1. The third-order valence-corrected chi connectivity index (χ3v) is 12.4. The van der Waals surface area contributed by atoms with E-state index in [2.05, 4.69) is 184 Å². The van der Waals surface area contributed by atoms with Gasteiger partial charge in [0, 0.05) is 10.6 Å². The number of nitrogens with one attached hydrogen (secondary N) is 1. The Labute approximate surface area is 347 Å². The molecule has 2 heteroatoms. The number of rotatable bonds is 7. The van der Waals surface area contributed by atoms with Crippen LogP contribution >= 0.6 is 12.6 Å². The Hall–Kier alpha value is -5.57. The summed E-state index contributed by atoms with van der Waals surface area (Å²) < 4.78 is 0. The summed E-state index contributed by atoms with van der Waals surface area (Å²) in [6, 6.07) is 41.5. The fourth-order valence-corrected chi connectivity index (χ4v) is 9.67. The first-order valence-electron chi connectivity index (χ1n) is 20.7. The lowest BCUT2D eigenvalue weighted by Crippen LogP contribution is -2.30. The number of hydrogen-bond donors (Lipinski definition) is 2. The molecule has 4 aliphatic rings. The molecule has 0 fully saturated rings. The fraction of sp³-hybridized carbons (Fsp3) is 0.200. The average molecular weight is 762 g/mol. The quantitative estimate of drug-likeness (QED) is 0.157. The number of hydrogen-bond acceptors (Lipinski definition) is 2. The highest BCUT2D eigenvalue weighted by Gasteiger charge is 2.47. The minimum absolute atomic E-state index is 0.261. The average Bonchev–Trinajstić information content (AvgIpc) is 3.56. The van der Waals surface area contributed by atoms with E-state index in [9.17, 15) is 0 Å². The zero-order chi connectivity index (χ0) is 39.8. The number of allylic oxidation sites excluding steroid dienone is 9. The molecule has 0 saturated carbocycles. The molecule has 0 bridgehead atoms. The minimum atomic E-state index is -0.261. The van der Waals surface area contributed by atoms with Crippen molar-refractivity contribution < 1.29 is 0 Å². The Morgan fingerprint density at radius 3 is 2.14 bits per heavy atom. The van der Waals surface area contributed by atoms with Crippen molar-refractivity contribution in [1.82, 2.24) is 0 Å². The lowest BCUT2D eigenvalue weighted by molar-refractivity contribution is 0.675. The summed E-state index contributed by atoms with van der Waals surface area (Å²) in [5, 5.41) is 3.19. The SMILES string of the molecule is C=CNc1cccc(-c2cc3c(c4c2C=CCC4)CCC=C3)c1.CC.CC1=C(/C(S)=C(/C)c2ccccc2)c2ccccc2C1(C1=CC=CCC1)c1ccccc1. The first kappa shape index (κ1) is 39.7. The van der Waals surface area contributed by atoms with Gasteiger partial charge in [0.05, 0.1) is 5.41 Å². The molecule has 5 aromatic rings. The van der Waals surface area contributed by atoms with Crippen LogP contribution in [0.5, 0.6) is 0 Å². The molecule has 0 saturated heterocycles. The van der Waals surface area contributed by atoms with Crippen LogP contribution < -0.4 is 5.32 Å². The van der Waals surface area contributed by atoms with Crippen molar-refractivity contribution in [2.75, 3.05) is 5.32 Å². The zero-order valence-corrected chi connectivity index (χ0v) is 34.9. The molecule has 0 amide bonds. The number of fused-ring (bicyclic) bond motifs is 4. The van der Waals surface area contributed by atoms with Gasteiger partial charge >= 0.3 is 0 Å². The van der Waals surface area contributed by atoms with E-state index in [4.69, 9.17) is 12.6 Å². The van der Waals surface area contributed by atoms with Crippen molar-refractivity contribution in [3.05, 3.63) is 219 Å². The predicted molar refractivity (Wildman–Crippen MR) is 252 cm³/mol. The minimum Gasteiger partial charge on any atom is -0.362 e. The van der Waals surface area contributed by atoms with Crippen molar-refractivity contribution in [2.24, 2.45) is 0 Å². The van der Waals surface area contributed by atoms with E-state index in [1.54, 1.807) is 17.3 Å². The van der Waals surface area contributed by atoms with E-state index in [1.165, 1.54) is 86.1 Å². The second-order valence-electron chi connectivity index (χ2n) is 14.9. The maximum absolute atomic E-state index is 5.16. The normalized spacial score (nSPS) is 17.7. The Balaban J connectivity index is 0.000000175. The molecule has 1 N–H and O–H groups in total. The predicted octanol–water partition coefficient (Wildman–Crippen LogP) is 15.3. The van der Waals surface area contributed by atoms with Crippen LogP contribution in [0.15, 0.2) is 174 Å². The molecule has 5 aromatic carbocycles. The maximum Gasteiger partial charge on any atom is 0.0637 e. The monoisotopic (exact) mass is 761 g/mol. The maximum atomic E-state index is 5.16.